The van der Waals surface area contributed by atoms with Crippen LogP contribution in [0.3, 0.4) is 0 Å². The highest BCUT2D eigenvalue weighted by molar-refractivity contribution is 5.34. The molecule has 0 spiro atoms. The Bertz CT molecular complexity index is 385. The van der Waals surface area contributed by atoms with Crippen LogP contribution in [0.4, 0.5) is 0 Å². The highest BCUT2D eigenvalue weighted by atomic mass is 14.9. The van der Waals surface area contributed by atoms with Gasteiger partial charge in [-0.25, -0.2) is 0 Å². The van der Waals surface area contributed by atoms with E-state index in [0.29, 0.717) is 12.1 Å². The second-order valence-corrected chi connectivity index (χ2v) is 6.82. The third kappa shape index (κ3) is 4.45. The molecule has 18 heavy (non-hydrogen) atoms. The van der Waals surface area contributed by atoms with Crippen LogP contribution in [0.2, 0.25) is 0 Å². The van der Waals surface area contributed by atoms with Crippen LogP contribution in [0, 0.1) is 6.92 Å². The van der Waals surface area contributed by atoms with Crippen molar-refractivity contribution in [3.8, 4) is 0 Å². The predicted molar refractivity (Wildman–Crippen MR) is 81.3 cm³/mol. The number of hydrogen-bond acceptors (Lipinski definition) is 1. The molecule has 0 saturated heterocycles. The van der Waals surface area contributed by atoms with Gasteiger partial charge in [-0.1, -0.05) is 52.8 Å². The van der Waals surface area contributed by atoms with E-state index in [1.807, 2.05) is 0 Å². The minimum Gasteiger partial charge on any atom is -0.312 e. The number of benzene rings is 1. The number of aryl methyl sites for hydroxylation is 1. The van der Waals surface area contributed by atoms with E-state index in [1.165, 1.54) is 16.7 Å². The summed E-state index contributed by atoms with van der Waals surface area (Å²) in [5.41, 5.74) is 4.54. The van der Waals surface area contributed by atoms with Crippen molar-refractivity contribution in [2.45, 2.75) is 72.4 Å². The van der Waals surface area contributed by atoms with E-state index in [-0.39, 0.29) is 5.41 Å². The lowest BCUT2D eigenvalue weighted by Gasteiger charge is -2.22. The third-order valence-electron chi connectivity index (χ3n) is 3.35. The van der Waals surface area contributed by atoms with E-state index in [0.717, 1.165) is 6.42 Å². The van der Waals surface area contributed by atoms with E-state index < -0.39 is 0 Å². The molecule has 1 unspecified atom stereocenters. The van der Waals surface area contributed by atoms with Crippen molar-refractivity contribution in [2.24, 2.45) is 0 Å². The van der Waals surface area contributed by atoms with Crippen molar-refractivity contribution in [1.82, 2.24) is 5.32 Å². The van der Waals surface area contributed by atoms with Gasteiger partial charge in [-0.15, -0.1) is 0 Å². The van der Waals surface area contributed by atoms with Gasteiger partial charge < -0.3 is 5.32 Å². The molecule has 1 rings (SSSR count). The molecule has 0 aliphatic carbocycles. The average Bonchev–Trinajstić information content (AvgIpc) is 2.18. The van der Waals surface area contributed by atoms with E-state index >= 15 is 0 Å². The van der Waals surface area contributed by atoms with Crippen LogP contribution in [0.25, 0.3) is 0 Å². The van der Waals surface area contributed by atoms with E-state index in [1.54, 1.807) is 0 Å². The standard InChI is InChI=1S/C17H29N/c1-12(2)18-14(4)11-15-8-9-16(10-13(15)3)17(5,6)7/h8-10,12,14,18H,11H2,1-7H3. The molecule has 1 heteroatoms. The molecule has 1 nitrogen and oxygen atoms in total. The largest absolute Gasteiger partial charge is 0.312 e. The average molecular weight is 247 g/mol. The quantitative estimate of drug-likeness (QED) is 0.840. The van der Waals surface area contributed by atoms with E-state index in [9.17, 15) is 0 Å². The van der Waals surface area contributed by atoms with Gasteiger partial charge in [-0.3, -0.25) is 0 Å². The second-order valence-electron chi connectivity index (χ2n) is 6.82. The lowest BCUT2D eigenvalue weighted by Crippen LogP contribution is -2.34. The Morgan fingerprint density at radius 2 is 1.72 bits per heavy atom. The lowest BCUT2D eigenvalue weighted by molar-refractivity contribution is 0.487. The molecule has 0 fully saturated rings. The monoisotopic (exact) mass is 247 g/mol. The number of rotatable bonds is 4. The zero-order valence-corrected chi connectivity index (χ0v) is 13.1. The first-order chi connectivity index (χ1) is 8.20. The Morgan fingerprint density at radius 3 is 2.17 bits per heavy atom. The van der Waals surface area contributed by atoms with Gasteiger partial charge in [0.2, 0.25) is 0 Å². The van der Waals surface area contributed by atoms with Crippen LogP contribution in [0.5, 0.6) is 0 Å². The fourth-order valence-corrected chi connectivity index (χ4v) is 2.35. The fourth-order valence-electron chi connectivity index (χ4n) is 2.35. The second kappa shape index (κ2) is 5.88. The summed E-state index contributed by atoms with van der Waals surface area (Å²) in [7, 11) is 0. The maximum atomic E-state index is 3.56. The van der Waals surface area contributed by atoms with Gasteiger partial charge in [-0.05, 0) is 42.4 Å². The summed E-state index contributed by atoms with van der Waals surface area (Å²) >= 11 is 0. The fraction of sp³-hybridized carbons (Fsp3) is 0.647. The van der Waals surface area contributed by atoms with Gasteiger partial charge in [0.05, 0.1) is 0 Å². The van der Waals surface area contributed by atoms with Gasteiger partial charge in [0.25, 0.3) is 0 Å². The lowest BCUT2D eigenvalue weighted by atomic mass is 9.85. The Balaban J connectivity index is 2.80. The smallest absolute Gasteiger partial charge is 0.00816 e. The Labute approximate surface area is 113 Å². The van der Waals surface area contributed by atoms with E-state index in [2.05, 4.69) is 72.0 Å². The van der Waals surface area contributed by atoms with Crippen molar-refractivity contribution in [3.05, 3.63) is 34.9 Å². The molecule has 1 aromatic carbocycles. The summed E-state index contributed by atoms with van der Waals surface area (Å²) in [5, 5.41) is 3.56. The van der Waals surface area contributed by atoms with Crippen LogP contribution in [-0.2, 0) is 11.8 Å². The minimum atomic E-state index is 0.241. The topological polar surface area (TPSA) is 12.0 Å². The number of nitrogens with one attached hydrogen (secondary N) is 1. The number of hydrogen-bond donors (Lipinski definition) is 1. The summed E-state index contributed by atoms with van der Waals surface area (Å²) in [6, 6.07) is 8.01. The SMILES string of the molecule is Cc1cc(C(C)(C)C)ccc1CC(C)NC(C)C. The summed E-state index contributed by atoms with van der Waals surface area (Å²) in [6.07, 6.45) is 1.11. The molecule has 1 aromatic rings. The molecule has 0 saturated carbocycles. The van der Waals surface area contributed by atoms with Crippen LogP contribution in [-0.4, -0.2) is 12.1 Å². The molecule has 0 bridgehead atoms. The molecule has 0 aliphatic heterocycles. The Morgan fingerprint density at radius 1 is 1.11 bits per heavy atom. The molecule has 102 valence electrons. The predicted octanol–water partition coefficient (Wildman–Crippen LogP) is 4.22. The first-order valence-corrected chi connectivity index (χ1v) is 7.06. The molecule has 0 amide bonds. The summed E-state index contributed by atoms with van der Waals surface area (Å²) < 4.78 is 0. The molecule has 0 aliphatic rings. The van der Waals surface area contributed by atoms with Gasteiger partial charge >= 0.3 is 0 Å². The van der Waals surface area contributed by atoms with Crippen molar-refractivity contribution < 1.29 is 0 Å². The van der Waals surface area contributed by atoms with Gasteiger partial charge in [-0.2, -0.15) is 0 Å². The molecular formula is C17H29N. The molecule has 0 heterocycles. The zero-order valence-electron chi connectivity index (χ0n) is 13.1. The normalized spacial score (nSPS) is 14.0. The maximum Gasteiger partial charge on any atom is 0.00816 e. The van der Waals surface area contributed by atoms with Crippen molar-refractivity contribution in [2.75, 3.05) is 0 Å². The molecule has 0 aromatic heterocycles. The van der Waals surface area contributed by atoms with Gasteiger partial charge in [0.1, 0.15) is 0 Å². The molecule has 1 N–H and O–H groups in total. The third-order valence-corrected chi connectivity index (χ3v) is 3.35. The van der Waals surface area contributed by atoms with Crippen LogP contribution >= 0.6 is 0 Å². The Kier molecular flexibility index (Phi) is 4.98. The highest BCUT2D eigenvalue weighted by Crippen LogP contribution is 2.24. The summed E-state index contributed by atoms with van der Waals surface area (Å²) in [6.45, 7) is 15.7. The molecule has 1 atom stereocenters. The van der Waals surface area contributed by atoms with E-state index in [4.69, 9.17) is 0 Å². The molecular weight excluding hydrogens is 218 g/mol. The van der Waals surface area contributed by atoms with Gasteiger partial charge in [0, 0.05) is 12.1 Å². The first-order valence-electron chi connectivity index (χ1n) is 7.06. The highest BCUT2D eigenvalue weighted by Gasteiger charge is 2.15. The van der Waals surface area contributed by atoms with Crippen molar-refractivity contribution in [3.63, 3.8) is 0 Å². The zero-order chi connectivity index (χ0) is 13.9. The molecule has 0 radical (unpaired) electrons. The summed E-state index contributed by atoms with van der Waals surface area (Å²) in [5.74, 6) is 0. The summed E-state index contributed by atoms with van der Waals surface area (Å²) in [4.78, 5) is 0. The minimum absolute atomic E-state index is 0.241. The van der Waals surface area contributed by atoms with Crippen molar-refractivity contribution >= 4 is 0 Å². The first kappa shape index (κ1) is 15.2. The maximum absolute atomic E-state index is 3.56. The Hall–Kier alpha value is -0.820. The van der Waals surface area contributed by atoms with Crippen molar-refractivity contribution in [1.29, 1.82) is 0 Å². The van der Waals surface area contributed by atoms with Gasteiger partial charge in [0.15, 0.2) is 0 Å². The van der Waals surface area contributed by atoms with Crippen LogP contribution in [0.15, 0.2) is 18.2 Å². The van der Waals surface area contributed by atoms with Crippen LogP contribution in [0.1, 0.15) is 58.2 Å². The van der Waals surface area contributed by atoms with Crippen LogP contribution < -0.4 is 5.32 Å².